The molecule has 2 aliphatic heterocycles. The molecule has 1 saturated heterocycles. The number of aryl methyl sites for hydroxylation is 1. The molecule has 1 unspecified atom stereocenters. The van der Waals surface area contributed by atoms with Crippen LogP contribution in [-0.4, -0.2) is 53.9 Å². The summed E-state index contributed by atoms with van der Waals surface area (Å²) in [6, 6.07) is 8.60. The summed E-state index contributed by atoms with van der Waals surface area (Å²) in [6.07, 6.45) is -2.87. The zero-order chi connectivity index (χ0) is 23.8. The third kappa shape index (κ3) is 4.67. The first-order valence-electron chi connectivity index (χ1n) is 10.7. The second-order valence-corrected chi connectivity index (χ2v) is 8.18. The van der Waals surface area contributed by atoms with E-state index < -0.39 is 11.7 Å². The zero-order valence-corrected chi connectivity index (χ0v) is 18.4. The van der Waals surface area contributed by atoms with Gasteiger partial charge in [0.25, 0.3) is 0 Å². The van der Waals surface area contributed by atoms with Gasteiger partial charge in [0, 0.05) is 32.2 Å². The second kappa shape index (κ2) is 8.80. The van der Waals surface area contributed by atoms with Crippen molar-refractivity contribution in [3.63, 3.8) is 0 Å². The molecule has 2 aromatic rings. The number of fused-ring (bicyclic) bond motifs is 2. The molecule has 1 fully saturated rings. The van der Waals surface area contributed by atoms with E-state index in [2.05, 4.69) is 16.9 Å². The Morgan fingerprint density at radius 3 is 2.70 bits per heavy atom. The van der Waals surface area contributed by atoms with Gasteiger partial charge in [0.1, 0.15) is 17.3 Å². The predicted molar refractivity (Wildman–Crippen MR) is 120 cm³/mol. The number of amidine groups is 1. The molecule has 33 heavy (non-hydrogen) atoms. The first-order chi connectivity index (χ1) is 15.7. The topological polar surface area (TPSA) is 57.2 Å². The Morgan fingerprint density at radius 2 is 2.00 bits per heavy atom. The quantitative estimate of drug-likeness (QED) is 0.637. The number of halogens is 3. The average molecular weight is 458 g/mol. The number of aliphatic imine (C=N–C) groups is 1. The van der Waals surface area contributed by atoms with Crippen molar-refractivity contribution >= 4 is 17.6 Å². The van der Waals surface area contributed by atoms with Crippen LogP contribution in [0.25, 0.3) is 0 Å². The van der Waals surface area contributed by atoms with Crippen LogP contribution in [0.5, 0.6) is 11.5 Å². The van der Waals surface area contributed by atoms with Gasteiger partial charge in [-0.25, -0.2) is 9.79 Å². The number of hydrogen-bond donors (Lipinski definition) is 1. The second-order valence-electron chi connectivity index (χ2n) is 8.18. The van der Waals surface area contributed by atoms with Gasteiger partial charge in [0.2, 0.25) is 0 Å². The SMILES string of the molecule is C=CCNC(=O)N1CCN(C2=Nc3cc(C(F)(F)F)ccc3Oc3ccc(C)cc32)CC1C. The molecule has 6 nitrogen and oxygen atoms in total. The van der Waals surface area contributed by atoms with Crippen molar-refractivity contribution in [3.8, 4) is 11.5 Å². The van der Waals surface area contributed by atoms with E-state index in [0.717, 1.165) is 17.7 Å². The normalized spacial score (nSPS) is 17.8. The smallest absolute Gasteiger partial charge is 0.416 e. The van der Waals surface area contributed by atoms with Gasteiger partial charge < -0.3 is 19.9 Å². The van der Waals surface area contributed by atoms with Crippen molar-refractivity contribution in [2.75, 3.05) is 26.2 Å². The molecule has 2 amide bonds. The van der Waals surface area contributed by atoms with E-state index in [4.69, 9.17) is 4.74 Å². The molecule has 2 heterocycles. The molecule has 9 heteroatoms. The molecule has 0 radical (unpaired) electrons. The van der Waals surface area contributed by atoms with Crippen LogP contribution >= 0.6 is 0 Å². The first-order valence-corrected chi connectivity index (χ1v) is 10.7. The highest BCUT2D eigenvalue weighted by Crippen LogP contribution is 2.42. The Kier molecular flexibility index (Phi) is 6.05. The Hall–Kier alpha value is -3.49. The van der Waals surface area contributed by atoms with Crippen molar-refractivity contribution < 1.29 is 22.7 Å². The Labute approximate surface area is 190 Å². The molecule has 2 aromatic carbocycles. The molecular weight excluding hydrogens is 433 g/mol. The molecule has 174 valence electrons. The molecule has 1 N–H and O–H groups in total. The number of benzene rings is 2. The third-order valence-electron chi connectivity index (χ3n) is 5.69. The summed E-state index contributed by atoms with van der Waals surface area (Å²) in [4.78, 5) is 20.8. The molecule has 4 rings (SSSR count). The van der Waals surface area contributed by atoms with Crippen LogP contribution in [0.1, 0.15) is 23.6 Å². The number of piperazine rings is 1. The summed E-state index contributed by atoms with van der Waals surface area (Å²) in [5.74, 6) is 1.32. The summed E-state index contributed by atoms with van der Waals surface area (Å²) >= 11 is 0. The Balaban J connectivity index is 1.71. The van der Waals surface area contributed by atoms with Crippen LogP contribution in [0.4, 0.5) is 23.7 Å². The minimum atomic E-state index is -4.49. The summed E-state index contributed by atoms with van der Waals surface area (Å²) < 4.78 is 46.0. The number of hydrogen-bond acceptors (Lipinski definition) is 4. The van der Waals surface area contributed by atoms with Crippen molar-refractivity contribution in [1.82, 2.24) is 15.1 Å². The molecule has 2 aliphatic rings. The maximum absolute atomic E-state index is 13.3. The number of nitrogens with zero attached hydrogens (tertiary/aromatic N) is 3. The lowest BCUT2D eigenvalue weighted by Gasteiger charge is -2.41. The molecule has 0 saturated carbocycles. The van der Waals surface area contributed by atoms with Crippen LogP contribution in [0.2, 0.25) is 0 Å². The summed E-state index contributed by atoms with van der Waals surface area (Å²) in [7, 11) is 0. The van der Waals surface area contributed by atoms with Gasteiger partial charge in [0.15, 0.2) is 5.75 Å². The van der Waals surface area contributed by atoms with Crippen molar-refractivity contribution in [3.05, 3.63) is 65.7 Å². The lowest BCUT2D eigenvalue weighted by Crippen LogP contribution is -2.57. The fraction of sp³-hybridized carbons (Fsp3) is 0.333. The largest absolute Gasteiger partial charge is 0.454 e. The standard InChI is InChI=1S/C24H25F3N4O2/c1-4-9-28-23(32)31-11-10-30(14-16(31)3)22-18-12-15(2)5-7-20(18)33-21-8-6-17(24(25,26)27)13-19(21)29-22/h4-8,12-13,16H,1,9-11,14H2,2-3H3,(H,28,32). The maximum atomic E-state index is 13.3. The lowest BCUT2D eigenvalue weighted by molar-refractivity contribution is -0.137. The zero-order valence-electron chi connectivity index (χ0n) is 18.4. The minimum Gasteiger partial charge on any atom is -0.454 e. The summed E-state index contributed by atoms with van der Waals surface area (Å²) in [5.41, 5.74) is 1.01. The van der Waals surface area contributed by atoms with E-state index >= 15 is 0 Å². The number of amides is 2. The molecule has 1 atom stereocenters. The number of nitrogens with one attached hydrogen (secondary N) is 1. The number of carbonyl (C=O) groups excluding carboxylic acids is 1. The molecule has 0 aliphatic carbocycles. The van der Waals surface area contributed by atoms with Crippen LogP contribution in [-0.2, 0) is 6.18 Å². The third-order valence-corrected chi connectivity index (χ3v) is 5.69. The number of carbonyl (C=O) groups is 1. The van der Waals surface area contributed by atoms with E-state index in [-0.39, 0.29) is 23.5 Å². The summed E-state index contributed by atoms with van der Waals surface area (Å²) in [6.45, 7) is 9.24. The van der Waals surface area contributed by atoms with Gasteiger partial charge in [-0.05, 0) is 44.2 Å². The van der Waals surface area contributed by atoms with Crippen LogP contribution in [0.3, 0.4) is 0 Å². The predicted octanol–water partition coefficient (Wildman–Crippen LogP) is 5.10. The van der Waals surface area contributed by atoms with Gasteiger partial charge in [-0.3, -0.25) is 0 Å². The number of alkyl halides is 3. The fourth-order valence-electron chi connectivity index (χ4n) is 4.02. The number of ether oxygens (including phenoxy) is 1. The Bertz CT molecular complexity index is 1110. The highest BCUT2D eigenvalue weighted by atomic mass is 19.4. The van der Waals surface area contributed by atoms with Gasteiger partial charge in [-0.2, -0.15) is 13.2 Å². The van der Waals surface area contributed by atoms with Crippen molar-refractivity contribution in [2.24, 2.45) is 4.99 Å². The van der Waals surface area contributed by atoms with Crippen LogP contribution in [0, 0.1) is 6.92 Å². The first kappa shape index (κ1) is 22.7. The maximum Gasteiger partial charge on any atom is 0.416 e. The molecule has 0 spiro atoms. The number of urea groups is 1. The highest BCUT2D eigenvalue weighted by molar-refractivity contribution is 6.04. The van der Waals surface area contributed by atoms with Crippen LogP contribution < -0.4 is 10.1 Å². The van der Waals surface area contributed by atoms with Crippen molar-refractivity contribution in [2.45, 2.75) is 26.1 Å². The van der Waals surface area contributed by atoms with E-state index in [0.29, 0.717) is 43.3 Å². The lowest BCUT2D eigenvalue weighted by atomic mass is 10.1. The van der Waals surface area contributed by atoms with E-state index in [1.807, 2.05) is 30.9 Å². The summed E-state index contributed by atoms with van der Waals surface area (Å²) in [5, 5.41) is 2.79. The van der Waals surface area contributed by atoms with Gasteiger partial charge in [-0.1, -0.05) is 17.7 Å². The minimum absolute atomic E-state index is 0.118. The Morgan fingerprint density at radius 1 is 1.24 bits per heavy atom. The monoisotopic (exact) mass is 458 g/mol. The van der Waals surface area contributed by atoms with E-state index in [9.17, 15) is 18.0 Å². The fourth-order valence-corrected chi connectivity index (χ4v) is 4.02. The van der Waals surface area contributed by atoms with E-state index in [1.165, 1.54) is 6.07 Å². The molecule has 0 aromatic heterocycles. The number of rotatable bonds is 2. The van der Waals surface area contributed by atoms with Crippen LogP contribution in [0.15, 0.2) is 54.0 Å². The molecular formula is C24H25F3N4O2. The van der Waals surface area contributed by atoms with Crippen molar-refractivity contribution in [1.29, 1.82) is 0 Å². The molecule has 0 bridgehead atoms. The van der Waals surface area contributed by atoms with Gasteiger partial charge in [-0.15, -0.1) is 6.58 Å². The van der Waals surface area contributed by atoms with E-state index in [1.54, 1.807) is 17.0 Å². The van der Waals surface area contributed by atoms with Gasteiger partial charge >= 0.3 is 12.2 Å². The van der Waals surface area contributed by atoms with Gasteiger partial charge in [0.05, 0.1) is 11.1 Å². The highest BCUT2D eigenvalue weighted by Gasteiger charge is 2.34. The average Bonchev–Trinajstić information content (AvgIpc) is 2.92.